The van der Waals surface area contributed by atoms with Crippen LogP contribution in [-0.4, -0.2) is 37.6 Å². The predicted molar refractivity (Wildman–Crippen MR) is 126 cm³/mol. The lowest BCUT2D eigenvalue weighted by molar-refractivity contribution is 0.0877. The third-order valence-electron chi connectivity index (χ3n) is 6.17. The van der Waals surface area contributed by atoms with Crippen molar-refractivity contribution < 1.29 is 18.7 Å². The number of halogens is 1. The standard InChI is InChI=1S/C27H29FN2O3/c1-18(29-27(31)20-9-5-4-6-10-20)26-23-16-25(33-3)24(32-2)15-21(23)12-13-30(26)17-19-8-7-11-22(28)14-19/h4-11,14-16,18,26H,12-13,17H2,1-3H3,(H,29,31). The quantitative estimate of drug-likeness (QED) is 0.566. The van der Waals surface area contributed by atoms with E-state index in [0.717, 1.165) is 29.7 Å². The summed E-state index contributed by atoms with van der Waals surface area (Å²) in [6, 6.07) is 19.6. The largest absolute Gasteiger partial charge is 0.493 e. The summed E-state index contributed by atoms with van der Waals surface area (Å²) in [4.78, 5) is 15.2. The zero-order chi connectivity index (χ0) is 23.4. The third kappa shape index (κ3) is 5.01. The van der Waals surface area contributed by atoms with Crippen molar-refractivity contribution in [2.75, 3.05) is 20.8 Å². The number of nitrogens with zero attached hydrogens (tertiary/aromatic N) is 1. The number of benzene rings is 3. The van der Waals surface area contributed by atoms with Gasteiger partial charge in [-0.05, 0) is 66.4 Å². The van der Waals surface area contributed by atoms with Gasteiger partial charge in [-0.1, -0.05) is 30.3 Å². The van der Waals surface area contributed by atoms with Crippen LogP contribution in [0.4, 0.5) is 4.39 Å². The maximum atomic E-state index is 13.9. The number of hydrogen-bond acceptors (Lipinski definition) is 4. The Morgan fingerprint density at radius 2 is 1.79 bits per heavy atom. The lowest BCUT2D eigenvalue weighted by Gasteiger charge is -2.41. The number of methoxy groups -OCH3 is 2. The Labute approximate surface area is 194 Å². The predicted octanol–water partition coefficient (Wildman–Crippen LogP) is 4.76. The summed E-state index contributed by atoms with van der Waals surface area (Å²) in [7, 11) is 3.25. The topological polar surface area (TPSA) is 50.8 Å². The second-order valence-electron chi connectivity index (χ2n) is 8.33. The van der Waals surface area contributed by atoms with Gasteiger partial charge in [0.2, 0.25) is 0 Å². The SMILES string of the molecule is COc1cc2c(cc1OC)C(C(C)NC(=O)c1ccccc1)N(Cc1cccc(F)c1)CC2. The van der Waals surface area contributed by atoms with Crippen molar-refractivity contribution in [1.29, 1.82) is 0 Å². The van der Waals surface area contributed by atoms with Crippen molar-refractivity contribution in [3.8, 4) is 11.5 Å². The van der Waals surface area contributed by atoms with Crippen LogP contribution in [0.15, 0.2) is 66.7 Å². The Morgan fingerprint density at radius 1 is 1.06 bits per heavy atom. The average Bonchev–Trinajstić information content (AvgIpc) is 2.83. The van der Waals surface area contributed by atoms with E-state index < -0.39 is 0 Å². The number of carbonyl (C=O) groups is 1. The molecule has 2 atom stereocenters. The molecule has 6 heteroatoms. The van der Waals surface area contributed by atoms with Crippen LogP contribution < -0.4 is 14.8 Å². The van der Waals surface area contributed by atoms with E-state index in [2.05, 4.69) is 10.2 Å². The highest BCUT2D eigenvalue weighted by molar-refractivity contribution is 5.94. The lowest BCUT2D eigenvalue weighted by atomic mass is 9.87. The van der Waals surface area contributed by atoms with Gasteiger partial charge in [0.05, 0.1) is 20.3 Å². The summed E-state index contributed by atoms with van der Waals surface area (Å²) in [5.41, 5.74) is 3.75. The van der Waals surface area contributed by atoms with Crippen LogP contribution in [0, 0.1) is 5.82 Å². The Morgan fingerprint density at radius 3 is 2.48 bits per heavy atom. The summed E-state index contributed by atoms with van der Waals surface area (Å²) < 4.78 is 24.9. The molecule has 5 nitrogen and oxygen atoms in total. The summed E-state index contributed by atoms with van der Waals surface area (Å²) in [5.74, 6) is 0.963. The first-order chi connectivity index (χ1) is 16.0. The van der Waals surface area contributed by atoms with Gasteiger partial charge in [-0.25, -0.2) is 4.39 Å². The first-order valence-electron chi connectivity index (χ1n) is 11.1. The van der Waals surface area contributed by atoms with E-state index >= 15 is 0 Å². The molecule has 0 saturated carbocycles. The molecule has 1 N–H and O–H groups in total. The van der Waals surface area contributed by atoms with Crippen LogP contribution in [0.3, 0.4) is 0 Å². The second kappa shape index (κ2) is 10.0. The molecule has 0 aliphatic carbocycles. The fraction of sp³-hybridized carbons (Fsp3) is 0.296. The van der Waals surface area contributed by atoms with E-state index in [1.54, 1.807) is 38.5 Å². The monoisotopic (exact) mass is 448 g/mol. The van der Waals surface area contributed by atoms with Crippen molar-refractivity contribution in [3.05, 3.63) is 94.8 Å². The number of fused-ring (bicyclic) bond motifs is 1. The minimum atomic E-state index is -0.252. The lowest BCUT2D eigenvalue weighted by Crippen LogP contribution is -2.47. The van der Waals surface area contributed by atoms with E-state index in [-0.39, 0.29) is 23.8 Å². The van der Waals surface area contributed by atoms with Gasteiger partial charge in [0.1, 0.15) is 5.82 Å². The third-order valence-corrected chi connectivity index (χ3v) is 6.17. The van der Waals surface area contributed by atoms with Gasteiger partial charge in [-0.15, -0.1) is 0 Å². The fourth-order valence-electron chi connectivity index (χ4n) is 4.62. The Bertz CT molecular complexity index is 1120. The van der Waals surface area contributed by atoms with Gasteiger partial charge in [-0.2, -0.15) is 0 Å². The van der Waals surface area contributed by atoms with Crippen molar-refractivity contribution >= 4 is 5.91 Å². The van der Waals surface area contributed by atoms with E-state index in [0.29, 0.717) is 23.6 Å². The molecule has 0 bridgehead atoms. The molecule has 1 amide bonds. The molecule has 3 aromatic carbocycles. The highest BCUT2D eigenvalue weighted by Gasteiger charge is 2.34. The molecule has 0 radical (unpaired) electrons. The number of nitrogens with one attached hydrogen (secondary N) is 1. The smallest absolute Gasteiger partial charge is 0.251 e. The molecule has 0 saturated heterocycles. The minimum absolute atomic E-state index is 0.121. The molecule has 0 aromatic heterocycles. The minimum Gasteiger partial charge on any atom is -0.493 e. The molecule has 0 spiro atoms. The van der Waals surface area contributed by atoms with Crippen molar-refractivity contribution in [3.63, 3.8) is 0 Å². The highest BCUT2D eigenvalue weighted by Crippen LogP contribution is 2.40. The second-order valence-corrected chi connectivity index (χ2v) is 8.33. The average molecular weight is 449 g/mol. The normalized spacial score (nSPS) is 16.5. The summed E-state index contributed by atoms with van der Waals surface area (Å²) in [6.07, 6.45) is 0.820. The molecule has 172 valence electrons. The van der Waals surface area contributed by atoms with E-state index in [1.165, 1.54) is 6.07 Å². The first kappa shape index (κ1) is 22.8. The molecular formula is C27H29FN2O3. The van der Waals surface area contributed by atoms with Crippen molar-refractivity contribution in [1.82, 2.24) is 10.2 Å². The Hall–Kier alpha value is -3.38. The summed E-state index contributed by atoms with van der Waals surface area (Å²) in [6.45, 7) is 3.35. The van der Waals surface area contributed by atoms with Gasteiger partial charge in [0.25, 0.3) is 5.91 Å². The molecule has 4 rings (SSSR count). The van der Waals surface area contributed by atoms with Gasteiger partial charge < -0.3 is 14.8 Å². The zero-order valence-corrected chi connectivity index (χ0v) is 19.2. The van der Waals surface area contributed by atoms with Crippen LogP contribution in [0.25, 0.3) is 0 Å². The summed E-state index contributed by atoms with van der Waals surface area (Å²) in [5, 5.41) is 3.17. The number of rotatable bonds is 7. The van der Waals surface area contributed by atoms with Gasteiger partial charge >= 0.3 is 0 Å². The van der Waals surface area contributed by atoms with E-state index in [1.807, 2.05) is 43.3 Å². The number of ether oxygens (including phenoxy) is 2. The Balaban J connectivity index is 1.69. The van der Waals surface area contributed by atoms with Crippen LogP contribution in [0.1, 0.15) is 40.0 Å². The zero-order valence-electron chi connectivity index (χ0n) is 19.2. The van der Waals surface area contributed by atoms with Crippen LogP contribution in [0.5, 0.6) is 11.5 Å². The van der Waals surface area contributed by atoms with Crippen LogP contribution in [-0.2, 0) is 13.0 Å². The first-order valence-corrected chi connectivity index (χ1v) is 11.1. The van der Waals surface area contributed by atoms with Gasteiger partial charge in [-0.3, -0.25) is 9.69 Å². The number of hydrogen-bond donors (Lipinski definition) is 1. The molecule has 2 unspecified atom stereocenters. The van der Waals surface area contributed by atoms with Crippen LogP contribution in [0.2, 0.25) is 0 Å². The van der Waals surface area contributed by atoms with Crippen molar-refractivity contribution in [2.45, 2.75) is 32.0 Å². The maximum absolute atomic E-state index is 13.9. The number of amides is 1. The maximum Gasteiger partial charge on any atom is 0.251 e. The molecule has 1 aliphatic rings. The highest BCUT2D eigenvalue weighted by atomic mass is 19.1. The molecule has 0 fully saturated rings. The molecule has 1 heterocycles. The molecular weight excluding hydrogens is 419 g/mol. The van der Waals surface area contributed by atoms with Crippen molar-refractivity contribution in [2.24, 2.45) is 0 Å². The van der Waals surface area contributed by atoms with Gasteiger partial charge in [0.15, 0.2) is 11.5 Å². The van der Waals surface area contributed by atoms with E-state index in [9.17, 15) is 9.18 Å². The Kier molecular flexibility index (Phi) is 6.94. The number of carbonyl (C=O) groups excluding carboxylic acids is 1. The fourth-order valence-corrected chi connectivity index (χ4v) is 4.62. The summed E-state index contributed by atoms with van der Waals surface area (Å²) >= 11 is 0. The van der Waals surface area contributed by atoms with E-state index in [4.69, 9.17) is 9.47 Å². The molecule has 1 aliphatic heterocycles. The molecule has 3 aromatic rings. The van der Waals surface area contributed by atoms with Crippen LogP contribution >= 0.6 is 0 Å². The van der Waals surface area contributed by atoms with Gasteiger partial charge in [0, 0.05) is 24.7 Å². The molecule has 33 heavy (non-hydrogen) atoms.